The summed E-state index contributed by atoms with van der Waals surface area (Å²) in [7, 11) is 0. The van der Waals surface area contributed by atoms with Gasteiger partial charge in [0.05, 0.1) is 21.8 Å². The number of H-pyrrole nitrogens is 1. The molecule has 0 saturated heterocycles. The number of hydrogen-bond acceptors (Lipinski definition) is 6. The Kier molecular flexibility index (Phi) is 5.93. The molecule has 5 heterocycles. The van der Waals surface area contributed by atoms with E-state index >= 15 is 0 Å². The number of hydrogen-bond donors (Lipinski definition) is 1. The fourth-order valence-electron chi connectivity index (χ4n) is 3.60. The minimum Gasteiger partial charge on any atom is -0.470 e. The second kappa shape index (κ2) is 9.17. The summed E-state index contributed by atoms with van der Waals surface area (Å²) in [4.78, 5) is 12.8. The summed E-state index contributed by atoms with van der Waals surface area (Å²) in [6, 6.07) is 7.64. The van der Waals surface area contributed by atoms with Crippen molar-refractivity contribution in [1.82, 2.24) is 34.9 Å². The summed E-state index contributed by atoms with van der Waals surface area (Å²) in [5.74, 6) is 0.436. The molecule has 10 heteroatoms. The molecule has 5 aromatic rings. The highest BCUT2D eigenvalue weighted by atomic mass is 35.5. The molecule has 1 N–H and O–H groups in total. The van der Waals surface area contributed by atoms with E-state index < -0.39 is 6.10 Å². The van der Waals surface area contributed by atoms with E-state index in [1.165, 1.54) is 0 Å². The number of pyridine rings is 3. The molecule has 0 aliphatic rings. The Morgan fingerprint density at radius 2 is 1.91 bits per heavy atom. The van der Waals surface area contributed by atoms with Crippen molar-refractivity contribution in [2.24, 2.45) is 0 Å². The third kappa shape index (κ3) is 4.53. The van der Waals surface area contributed by atoms with Gasteiger partial charge >= 0.3 is 0 Å². The lowest BCUT2D eigenvalue weighted by Gasteiger charge is -2.16. The van der Waals surface area contributed by atoms with Crippen LogP contribution >= 0.6 is 23.2 Å². The van der Waals surface area contributed by atoms with Crippen molar-refractivity contribution in [1.29, 1.82) is 0 Å². The molecule has 0 aromatic carbocycles. The van der Waals surface area contributed by atoms with Gasteiger partial charge in [0.25, 0.3) is 0 Å². The molecule has 8 nitrogen and oxygen atoms in total. The van der Waals surface area contributed by atoms with Gasteiger partial charge in [0.1, 0.15) is 17.3 Å². The van der Waals surface area contributed by atoms with Crippen LogP contribution in [0, 0.1) is 0 Å². The normalized spacial score (nSPS) is 12.2. The molecule has 1 atom stereocenters. The van der Waals surface area contributed by atoms with Crippen LogP contribution in [-0.4, -0.2) is 34.9 Å². The summed E-state index contributed by atoms with van der Waals surface area (Å²) in [6.07, 6.45) is 10.9. The first-order valence-corrected chi connectivity index (χ1v) is 11.1. The Morgan fingerprint density at radius 1 is 1.06 bits per heavy atom. The minimum absolute atomic E-state index is 0.413. The summed E-state index contributed by atoms with van der Waals surface area (Å²) in [5.41, 5.74) is 4.89. The van der Waals surface area contributed by atoms with Crippen LogP contribution in [0.15, 0.2) is 61.4 Å². The van der Waals surface area contributed by atoms with Crippen LogP contribution in [-0.2, 0) is 13.0 Å². The molecule has 0 unspecified atom stereocenters. The van der Waals surface area contributed by atoms with Crippen LogP contribution in [0.2, 0.25) is 10.0 Å². The Balaban J connectivity index is 1.37. The summed E-state index contributed by atoms with van der Waals surface area (Å²) in [5, 5.41) is 12.8. The van der Waals surface area contributed by atoms with Gasteiger partial charge in [-0.25, -0.2) is 4.98 Å². The van der Waals surface area contributed by atoms with Gasteiger partial charge in [-0.05, 0) is 31.0 Å². The van der Waals surface area contributed by atoms with E-state index in [2.05, 4.69) is 36.3 Å². The molecule has 33 heavy (non-hydrogen) atoms. The highest BCUT2D eigenvalue weighted by Crippen LogP contribution is 2.33. The number of fused-ring (bicyclic) bond motifs is 1. The second-order valence-electron chi connectivity index (χ2n) is 7.50. The predicted octanol–water partition coefficient (Wildman–Crippen LogP) is 5.30. The molecular formula is C23H19Cl2N7O. The number of aromatic amines is 1. The van der Waals surface area contributed by atoms with Crippen LogP contribution in [0.5, 0.6) is 5.88 Å². The predicted molar refractivity (Wildman–Crippen MR) is 126 cm³/mol. The number of ether oxygens (including phenoxy) is 1. The van der Waals surface area contributed by atoms with E-state index in [0.717, 1.165) is 29.6 Å². The van der Waals surface area contributed by atoms with Crippen molar-refractivity contribution in [3.8, 4) is 17.1 Å². The average Bonchev–Trinajstić information content (AvgIpc) is 3.45. The third-order valence-electron chi connectivity index (χ3n) is 5.24. The molecule has 0 bridgehead atoms. The molecule has 0 spiro atoms. The first kappa shape index (κ1) is 21.4. The molecule has 0 radical (unpaired) electrons. The van der Waals surface area contributed by atoms with Gasteiger partial charge in [0.2, 0.25) is 5.88 Å². The Morgan fingerprint density at radius 3 is 2.70 bits per heavy atom. The lowest BCUT2D eigenvalue weighted by Crippen LogP contribution is -2.06. The van der Waals surface area contributed by atoms with Gasteiger partial charge in [-0.15, -0.1) is 0 Å². The van der Waals surface area contributed by atoms with Gasteiger partial charge in [-0.2, -0.15) is 10.2 Å². The highest BCUT2D eigenvalue weighted by Gasteiger charge is 2.18. The second-order valence-corrected chi connectivity index (χ2v) is 8.31. The first-order valence-electron chi connectivity index (χ1n) is 10.3. The van der Waals surface area contributed by atoms with Crippen molar-refractivity contribution >= 4 is 34.2 Å². The molecule has 0 fully saturated rings. The van der Waals surface area contributed by atoms with Crippen LogP contribution in [0.1, 0.15) is 24.2 Å². The Hall–Kier alpha value is -3.49. The van der Waals surface area contributed by atoms with Gasteiger partial charge < -0.3 is 4.74 Å². The van der Waals surface area contributed by atoms with E-state index in [4.69, 9.17) is 27.9 Å². The van der Waals surface area contributed by atoms with Crippen molar-refractivity contribution < 1.29 is 4.74 Å². The maximum Gasteiger partial charge on any atom is 0.214 e. The summed E-state index contributed by atoms with van der Waals surface area (Å²) in [6.45, 7) is 2.60. The van der Waals surface area contributed by atoms with E-state index in [9.17, 15) is 0 Å². The SMILES string of the molecule is C[C@@H](Oc1ccc2[nH]nc(-c3cnn(CCc4cccnc4)c3)c2n1)c1c(Cl)cncc1Cl. The average molecular weight is 480 g/mol. The number of rotatable bonds is 7. The van der Waals surface area contributed by atoms with E-state index in [1.54, 1.807) is 30.9 Å². The zero-order valence-corrected chi connectivity index (χ0v) is 19.1. The van der Waals surface area contributed by atoms with Gasteiger partial charge in [-0.1, -0.05) is 29.3 Å². The van der Waals surface area contributed by atoms with Crippen LogP contribution < -0.4 is 4.74 Å². The topological polar surface area (TPSA) is 94.4 Å². The molecule has 0 aliphatic heterocycles. The smallest absolute Gasteiger partial charge is 0.214 e. The fourth-order valence-corrected chi connectivity index (χ4v) is 4.27. The van der Waals surface area contributed by atoms with Crippen molar-refractivity contribution in [3.05, 3.63) is 82.6 Å². The molecule has 5 aromatic heterocycles. The first-order chi connectivity index (χ1) is 16.1. The maximum absolute atomic E-state index is 6.27. The van der Waals surface area contributed by atoms with Gasteiger partial charge in [-0.3, -0.25) is 19.7 Å². The fraction of sp³-hybridized carbons (Fsp3) is 0.174. The van der Waals surface area contributed by atoms with Crippen molar-refractivity contribution in [3.63, 3.8) is 0 Å². The highest BCUT2D eigenvalue weighted by molar-refractivity contribution is 6.35. The van der Waals surface area contributed by atoms with Crippen molar-refractivity contribution in [2.45, 2.75) is 26.0 Å². The molecular weight excluding hydrogens is 461 g/mol. The number of aryl methyl sites for hydroxylation is 2. The zero-order chi connectivity index (χ0) is 22.8. The molecule has 0 aliphatic carbocycles. The van der Waals surface area contributed by atoms with Crippen molar-refractivity contribution in [2.75, 3.05) is 0 Å². The van der Waals surface area contributed by atoms with E-state index in [-0.39, 0.29) is 0 Å². The van der Waals surface area contributed by atoms with Crippen LogP contribution in [0.25, 0.3) is 22.3 Å². The monoisotopic (exact) mass is 479 g/mol. The summed E-state index contributed by atoms with van der Waals surface area (Å²) < 4.78 is 7.93. The number of nitrogens with zero attached hydrogens (tertiary/aromatic N) is 6. The van der Waals surface area contributed by atoms with Gasteiger partial charge in [0.15, 0.2) is 0 Å². The van der Waals surface area contributed by atoms with Gasteiger partial charge in [0, 0.05) is 54.7 Å². The lowest BCUT2D eigenvalue weighted by atomic mass is 10.2. The lowest BCUT2D eigenvalue weighted by molar-refractivity contribution is 0.218. The molecule has 0 saturated carbocycles. The molecule has 0 amide bonds. The number of halogens is 2. The minimum atomic E-state index is -0.413. The third-order valence-corrected chi connectivity index (χ3v) is 5.84. The Bertz CT molecular complexity index is 1380. The Labute approximate surface area is 199 Å². The maximum atomic E-state index is 6.27. The largest absolute Gasteiger partial charge is 0.470 e. The standard InChI is InChI=1S/C23H19Cl2N7O/c1-14(21-17(24)11-27-12-18(21)25)33-20-5-4-19-23(29-20)22(31-30-19)16-10-28-32(13-16)8-6-15-3-2-7-26-9-15/h2-5,7,9-14H,6,8H2,1H3,(H,30,31)/t14-/m1/s1. The number of nitrogens with one attached hydrogen (secondary N) is 1. The van der Waals surface area contributed by atoms with E-state index in [1.807, 2.05) is 36.1 Å². The van der Waals surface area contributed by atoms with E-state index in [0.29, 0.717) is 32.7 Å². The number of aromatic nitrogens is 7. The van der Waals surface area contributed by atoms with Crippen LogP contribution in [0.4, 0.5) is 0 Å². The summed E-state index contributed by atoms with van der Waals surface area (Å²) >= 11 is 12.5. The van der Waals surface area contributed by atoms with Crippen LogP contribution in [0.3, 0.4) is 0 Å². The quantitative estimate of drug-likeness (QED) is 0.340. The zero-order valence-electron chi connectivity index (χ0n) is 17.6. The molecule has 166 valence electrons. The molecule has 5 rings (SSSR count).